The van der Waals surface area contributed by atoms with Gasteiger partial charge in [0.05, 0.1) is 22.4 Å². The number of aromatic carboxylic acids is 1. The maximum atomic E-state index is 12.1. The van der Waals surface area contributed by atoms with Gasteiger partial charge in [-0.25, -0.2) is 4.79 Å². The zero-order chi connectivity index (χ0) is 13.3. The second kappa shape index (κ2) is 4.33. The SMILES string of the molecule is CCC1(C)CNc2c(cccc2C(=O)O)NC1=O. The van der Waals surface area contributed by atoms with Crippen molar-refractivity contribution in [2.24, 2.45) is 5.41 Å². The summed E-state index contributed by atoms with van der Waals surface area (Å²) < 4.78 is 0. The molecule has 96 valence electrons. The van der Waals surface area contributed by atoms with Crippen molar-refractivity contribution in [3.8, 4) is 0 Å². The molecule has 0 spiro atoms. The Morgan fingerprint density at radius 1 is 1.50 bits per heavy atom. The molecule has 3 N–H and O–H groups in total. The summed E-state index contributed by atoms with van der Waals surface area (Å²) in [7, 11) is 0. The summed E-state index contributed by atoms with van der Waals surface area (Å²) in [5.41, 5.74) is 0.648. The Morgan fingerprint density at radius 2 is 2.22 bits per heavy atom. The lowest BCUT2D eigenvalue weighted by molar-refractivity contribution is -0.124. The Labute approximate surface area is 105 Å². The Bertz CT molecular complexity index is 513. The van der Waals surface area contributed by atoms with Crippen LogP contribution in [0.1, 0.15) is 30.6 Å². The van der Waals surface area contributed by atoms with E-state index in [1.54, 1.807) is 12.1 Å². The second-order valence-corrected chi connectivity index (χ2v) is 4.76. The fourth-order valence-electron chi connectivity index (χ4n) is 1.95. The van der Waals surface area contributed by atoms with Crippen LogP contribution in [0.4, 0.5) is 11.4 Å². The zero-order valence-corrected chi connectivity index (χ0v) is 10.4. The molecule has 5 nitrogen and oxygen atoms in total. The molecule has 1 atom stereocenters. The van der Waals surface area contributed by atoms with Crippen molar-refractivity contribution in [2.75, 3.05) is 17.2 Å². The summed E-state index contributed by atoms with van der Waals surface area (Å²) >= 11 is 0. The van der Waals surface area contributed by atoms with E-state index in [9.17, 15) is 9.59 Å². The number of rotatable bonds is 2. The van der Waals surface area contributed by atoms with Gasteiger partial charge < -0.3 is 15.7 Å². The van der Waals surface area contributed by atoms with Crippen LogP contribution in [0.2, 0.25) is 0 Å². The number of para-hydroxylation sites is 1. The zero-order valence-electron chi connectivity index (χ0n) is 10.4. The van der Waals surface area contributed by atoms with Crippen molar-refractivity contribution >= 4 is 23.3 Å². The Kier molecular flexibility index (Phi) is 2.98. The van der Waals surface area contributed by atoms with E-state index in [0.29, 0.717) is 24.3 Å². The predicted octanol–water partition coefficient (Wildman–Crippen LogP) is 2.17. The molecule has 0 saturated heterocycles. The predicted molar refractivity (Wildman–Crippen MR) is 68.9 cm³/mol. The molecule has 0 aliphatic carbocycles. The summed E-state index contributed by atoms with van der Waals surface area (Å²) in [5.74, 6) is -1.09. The number of nitrogens with one attached hydrogen (secondary N) is 2. The molecule has 1 amide bonds. The highest BCUT2D eigenvalue weighted by molar-refractivity contribution is 6.05. The van der Waals surface area contributed by atoms with E-state index in [1.165, 1.54) is 6.07 Å². The fourth-order valence-corrected chi connectivity index (χ4v) is 1.95. The van der Waals surface area contributed by atoms with E-state index >= 15 is 0 Å². The van der Waals surface area contributed by atoms with Crippen LogP contribution < -0.4 is 10.6 Å². The van der Waals surface area contributed by atoms with Gasteiger partial charge in [-0.15, -0.1) is 0 Å². The molecule has 0 aromatic heterocycles. The minimum absolute atomic E-state index is 0.0845. The smallest absolute Gasteiger partial charge is 0.337 e. The fraction of sp³-hybridized carbons (Fsp3) is 0.385. The van der Waals surface area contributed by atoms with Crippen LogP contribution >= 0.6 is 0 Å². The van der Waals surface area contributed by atoms with Crippen LogP contribution in [0, 0.1) is 5.41 Å². The van der Waals surface area contributed by atoms with E-state index in [2.05, 4.69) is 10.6 Å². The number of carbonyl (C=O) groups is 2. The third-order valence-electron chi connectivity index (χ3n) is 3.53. The number of hydrogen-bond donors (Lipinski definition) is 3. The van der Waals surface area contributed by atoms with E-state index in [-0.39, 0.29) is 11.5 Å². The third-order valence-corrected chi connectivity index (χ3v) is 3.53. The first kappa shape index (κ1) is 12.4. The maximum Gasteiger partial charge on any atom is 0.337 e. The third kappa shape index (κ3) is 1.92. The van der Waals surface area contributed by atoms with E-state index in [1.807, 2.05) is 13.8 Å². The standard InChI is InChI=1S/C13H16N2O3/c1-3-13(2)7-14-10-8(11(16)17)5-4-6-9(10)15-12(13)18/h4-6,14H,3,7H2,1-2H3,(H,15,18)(H,16,17). The lowest BCUT2D eigenvalue weighted by atomic mass is 9.86. The minimum Gasteiger partial charge on any atom is -0.478 e. The molecular formula is C13H16N2O3. The number of hydrogen-bond acceptors (Lipinski definition) is 3. The molecule has 1 aromatic carbocycles. The first-order chi connectivity index (χ1) is 8.48. The van der Waals surface area contributed by atoms with Crippen LogP contribution in [0.3, 0.4) is 0 Å². The van der Waals surface area contributed by atoms with Gasteiger partial charge in [0.1, 0.15) is 0 Å². The average Bonchev–Trinajstić information content (AvgIpc) is 2.47. The molecular weight excluding hydrogens is 232 g/mol. The van der Waals surface area contributed by atoms with E-state index < -0.39 is 11.4 Å². The first-order valence-electron chi connectivity index (χ1n) is 5.89. The van der Waals surface area contributed by atoms with Gasteiger partial charge in [0.15, 0.2) is 0 Å². The largest absolute Gasteiger partial charge is 0.478 e. The van der Waals surface area contributed by atoms with Crippen LogP contribution in [-0.4, -0.2) is 23.5 Å². The molecule has 0 bridgehead atoms. The normalized spacial score (nSPS) is 22.4. The topological polar surface area (TPSA) is 78.4 Å². The van der Waals surface area contributed by atoms with Gasteiger partial charge in [0.25, 0.3) is 0 Å². The highest BCUT2D eigenvalue weighted by Gasteiger charge is 2.34. The summed E-state index contributed by atoms with van der Waals surface area (Å²) in [5, 5.41) is 15.0. The summed E-state index contributed by atoms with van der Waals surface area (Å²) in [6.07, 6.45) is 0.683. The van der Waals surface area contributed by atoms with Crippen LogP contribution in [0.25, 0.3) is 0 Å². The van der Waals surface area contributed by atoms with E-state index in [0.717, 1.165) is 0 Å². The Balaban J connectivity index is 2.47. The Morgan fingerprint density at radius 3 is 2.83 bits per heavy atom. The molecule has 1 unspecified atom stereocenters. The van der Waals surface area contributed by atoms with Gasteiger partial charge in [0, 0.05) is 6.54 Å². The van der Waals surface area contributed by atoms with Gasteiger partial charge in [-0.2, -0.15) is 0 Å². The molecule has 0 saturated carbocycles. The molecule has 1 heterocycles. The molecule has 1 aliphatic heterocycles. The summed E-state index contributed by atoms with van der Waals surface area (Å²) in [6, 6.07) is 4.85. The lowest BCUT2D eigenvalue weighted by Crippen LogP contribution is -2.36. The molecule has 5 heteroatoms. The molecule has 0 fully saturated rings. The molecule has 18 heavy (non-hydrogen) atoms. The number of benzene rings is 1. The lowest BCUT2D eigenvalue weighted by Gasteiger charge is -2.24. The van der Waals surface area contributed by atoms with Crippen molar-refractivity contribution < 1.29 is 14.7 Å². The van der Waals surface area contributed by atoms with Crippen LogP contribution in [0.15, 0.2) is 18.2 Å². The second-order valence-electron chi connectivity index (χ2n) is 4.76. The number of carboxylic acid groups (broad SMARTS) is 1. The van der Waals surface area contributed by atoms with Crippen molar-refractivity contribution in [3.05, 3.63) is 23.8 Å². The molecule has 2 rings (SSSR count). The summed E-state index contributed by atoms with van der Waals surface area (Å²) in [6.45, 7) is 4.23. The molecule has 1 aliphatic rings. The number of anilines is 2. The first-order valence-corrected chi connectivity index (χ1v) is 5.89. The van der Waals surface area contributed by atoms with Gasteiger partial charge in [0.2, 0.25) is 5.91 Å². The Hall–Kier alpha value is -2.04. The number of carbonyl (C=O) groups excluding carboxylic acids is 1. The number of fused-ring (bicyclic) bond motifs is 1. The molecule has 0 radical (unpaired) electrons. The highest BCUT2D eigenvalue weighted by atomic mass is 16.4. The van der Waals surface area contributed by atoms with Crippen molar-refractivity contribution in [1.82, 2.24) is 0 Å². The van der Waals surface area contributed by atoms with Gasteiger partial charge >= 0.3 is 5.97 Å². The minimum atomic E-state index is -1.01. The van der Waals surface area contributed by atoms with Crippen LogP contribution in [0.5, 0.6) is 0 Å². The van der Waals surface area contributed by atoms with Gasteiger partial charge in [-0.1, -0.05) is 13.0 Å². The van der Waals surface area contributed by atoms with Gasteiger partial charge in [-0.3, -0.25) is 4.79 Å². The quantitative estimate of drug-likeness (QED) is 0.749. The van der Waals surface area contributed by atoms with Crippen LogP contribution in [-0.2, 0) is 4.79 Å². The van der Waals surface area contributed by atoms with Gasteiger partial charge in [-0.05, 0) is 25.5 Å². The monoisotopic (exact) mass is 248 g/mol. The van der Waals surface area contributed by atoms with Crippen molar-refractivity contribution in [3.63, 3.8) is 0 Å². The van der Waals surface area contributed by atoms with Crippen molar-refractivity contribution in [2.45, 2.75) is 20.3 Å². The average molecular weight is 248 g/mol. The highest BCUT2D eigenvalue weighted by Crippen LogP contribution is 2.34. The maximum absolute atomic E-state index is 12.1. The number of amides is 1. The van der Waals surface area contributed by atoms with Crippen molar-refractivity contribution in [1.29, 1.82) is 0 Å². The van der Waals surface area contributed by atoms with E-state index in [4.69, 9.17) is 5.11 Å². The number of carboxylic acids is 1. The molecule has 1 aromatic rings. The summed E-state index contributed by atoms with van der Waals surface area (Å²) in [4.78, 5) is 23.3.